The first kappa shape index (κ1) is 18.8. The second kappa shape index (κ2) is 9.62. The summed E-state index contributed by atoms with van der Waals surface area (Å²) >= 11 is 0. The van der Waals surface area contributed by atoms with Crippen LogP contribution in [0.5, 0.6) is 0 Å². The number of nitrogens with zero attached hydrogens (tertiary/aromatic N) is 2. The van der Waals surface area contributed by atoms with Crippen LogP contribution in [-0.4, -0.2) is 17.5 Å². The average Bonchev–Trinajstić information content (AvgIpc) is 3.21. The second-order valence-electron chi connectivity index (χ2n) is 6.53. The lowest BCUT2D eigenvalue weighted by molar-refractivity contribution is 0.0946. The molecule has 27 heavy (non-hydrogen) atoms. The van der Waals surface area contributed by atoms with Gasteiger partial charge in [-0.15, -0.1) is 0 Å². The van der Waals surface area contributed by atoms with Crippen molar-refractivity contribution in [3.63, 3.8) is 0 Å². The molecule has 0 fully saturated rings. The molecule has 0 aliphatic carbocycles. The molecule has 3 aromatic rings. The Bertz CT molecular complexity index is 884. The Kier molecular flexibility index (Phi) is 6.69. The lowest BCUT2D eigenvalue weighted by Crippen LogP contribution is -1.99. The van der Waals surface area contributed by atoms with Crippen molar-refractivity contribution in [2.24, 2.45) is 4.99 Å². The monoisotopic (exact) mass is 360 g/mol. The highest BCUT2D eigenvalue weighted by atomic mass is 16.4. The molecule has 0 N–H and O–H groups in total. The lowest BCUT2D eigenvalue weighted by Gasteiger charge is -2.02. The molecule has 0 bridgehead atoms. The molecule has 138 valence electrons. The van der Waals surface area contributed by atoms with E-state index < -0.39 is 0 Å². The van der Waals surface area contributed by atoms with Crippen LogP contribution in [0.3, 0.4) is 0 Å². The molecular formula is C23H24N2O2. The zero-order chi connectivity index (χ0) is 18.9. The summed E-state index contributed by atoms with van der Waals surface area (Å²) in [4.78, 5) is 20.4. The van der Waals surface area contributed by atoms with Gasteiger partial charge in [0.1, 0.15) is 0 Å². The number of unbranched alkanes of at least 4 members (excludes halogenated alkanes) is 3. The van der Waals surface area contributed by atoms with Gasteiger partial charge >= 0.3 is 0 Å². The van der Waals surface area contributed by atoms with E-state index in [0.717, 1.165) is 37.7 Å². The molecule has 0 aliphatic heterocycles. The fraction of sp³-hybridized carbons (Fsp3) is 0.261. The normalized spacial score (nSPS) is 10.7. The third kappa shape index (κ3) is 5.23. The van der Waals surface area contributed by atoms with Crippen LogP contribution < -0.4 is 0 Å². The number of ketones is 1. The fourth-order valence-corrected chi connectivity index (χ4v) is 3.07. The van der Waals surface area contributed by atoms with Crippen molar-refractivity contribution in [1.82, 2.24) is 4.98 Å². The van der Waals surface area contributed by atoms with Crippen LogP contribution in [0.4, 0.5) is 5.69 Å². The standard InChI is InChI=1S/C23H24N2O2/c1-24-20-15-10-9-14-19(20)22-17-25-23(27-22)21(26)16-8-3-2-5-11-18-12-6-4-7-13-18/h4,6-7,9-10,12-15,17H,1-3,5,8,11,16H2. The third-order valence-electron chi connectivity index (χ3n) is 4.55. The van der Waals surface area contributed by atoms with Gasteiger partial charge in [-0.25, -0.2) is 4.98 Å². The molecule has 1 aromatic heterocycles. The van der Waals surface area contributed by atoms with Gasteiger partial charge in [-0.1, -0.05) is 55.3 Å². The summed E-state index contributed by atoms with van der Waals surface area (Å²) in [6, 6.07) is 18.0. The van der Waals surface area contributed by atoms with Crippen LogP contribution in [0, 0.1) is 0 Å². The Morgan fingerprint density at radius 3 is 2.52 bits per heavy atom. The number of benzene rings is 2. The number of aryl methyl sites for hydroxylation is 1. The Morgan fingerprint density at radius 2 is 1.70 bits per heavy atom. The summed E-state index contributed by atoms with van der Waals surface area (Å²) in [7, 11) is 0. The minimum atomic E-state index is -0.0478. The van der Waals surface area contributed by atoms with E-state index in [4.69, 9.17) is 4.42 Å². The van der Waals surface area contributed by atoms with Gasteiger partial charge in [0.05, 0.1) is 11.9 Å². The van der Waals surface area contributed by atoms with Crippen molar-refractivity contribution in [2.45, 2.75) is 38.5 Å². The molecule has 4 nitrogen and oxygen atoms in total. The molecule has 0 spiro atoms. The highest BCUT2D eigenvalue weighted by molar-refractivity contribution is 5.92. The Balaban J connectivity index is 1.44. The van der Waals surface area contributed by atoms with Crippen LogP contribution in [-0.2, 0) is 6.42 Å². The number of carbonyl (C=O) groups is 1. The fourth-order valence-electron chi connectivity index (χ4n) is 3.07. The highest BCUT2D eigenvalue weighted by Crippen LogP contribution is 2.30. The number of Topliss-reactive ketones (excluding diaryl/α,β-unsaturated/α-hetero) is 1. The van der Waals surface area contributed by atoms with E-state index in [-0.39, 0.29) is 11.7 Å². The van der Waals surface area contributed by atoms with E-state index in [1.165, 1.54) is 5.56 Å². The number of rotatable bonds is 10. The number of oxazole rings is 1. The maximum absolute atomic E-state index is 12.3. The van der Waals surface area contributed by atoms with E-state index >= 15 is 0 Å². The number of hydrogen-bond acceptors (Lipinski definition) is 4. The van der Waals surface area contributed by atoms with Crippen LogP contribution in [0.25, 0.3) is 11.3 Å². The van der Waals surface area contributed by atoms with E-state index in [9.17, 15) is 4.79 Å². The summed E-state index contributed by atoms with van der Waals surface area (Å²) in [5.41, 5.74) is 2.88. The van der Waals surface area contributed by atoms with Crippen molar-refractivity contribution < 1.29 is 9.21 Å². The minimum Gasteiger partial charge on any atom is -0.434 e. The molecule has 0 unspecified atom stereocenters. The zero-order valence-corrected chi connectivity index (χ0v) is 15.4. The van der Waals surface area contributed by atoms with Gasteiger partial charge in [0.2, 0.25) is 5.78 Å². The molecule has 0 atom stereocenters. The Morgan fingerprint density at radius 1 is 0.963 bits per heavy atom. The van der Waals surface area contributed by atoms with E-state index in [1.54, 1.807) is 6.20 Å². The van der Waals surface area contributed by atoms with Gasteiger partial charge in [0.15, 0.2) is 5.76 Å². The van der Waals surface area contributed by atoms with Crippen LogP contribution in [0.15, 0.2) is 70.2 Å². The van der Waals surface area contributed by atoms with Crippen LogP contribution in [0.1, 0.15) is 48.4 Å². The smallest absolute Gasteiger partial charge is 0.263 e. The third-order valence-corrected chi connectivity index (χ3v) is 4.55. The van der Waals surface area contributed by atoms with E-state index in [1.807, 2.05) is 30.3 Å². The van der Waals surface area contributed by atoms with Gasteiger partial charge in [-0.05, 0) is 43.7 Å². The zero-order valence-electron chi connectivity index (χ0n) is 15.4. The summed E-state index contributed by atoms with van der Waals surface area (Å²) in [5.74, 6) is 0.672. The largest absolute Gasteiger partial charge is 0.434 e. The number of para-hydroxylation sites is 1. The predicted octanol–water partition coefficient (Wildman–Crippen LogP) is 6.05. The molecule has 0 amide bonds. The van der Waals surface area contributed by atoms with Crippen LogP contribution in [0.2, 0.25) is 0 Å². The first-order chi connectivity index (χ1) is 13.3. The Labute approximate surface area is 160 Å². The van der Waals surface area contributed by atoms with E-state index in [2.05, 4.69) is 41.0 Å². The second-order valence-corrected chi connectivity index (χ2v) is 6.53. The maximum atomic E-state index is 12.3. The molecule has 0 saturated carbocycles. The van der Waals surface area contributed by atoms with Gasteiger partial charge < -0.3 is 4.42 Å². The molecule has 0 radical (unpaired) electrons. The highest BCUT2D eigenvalue weighted by Gasteiger charge is 2.15. The van der Waals surface area contributed by atoms with Crippen molar-refractivity contribution >= 4 is 18.2 Å². The molecular weight excluding hydrogens is 336 g/mol. The van der Waals surface area contributed by atoms with Crippen molar-refractivity contribution in [1.29, 1.82) is 0 Å². The summed E-state index contributed by atoms with van der Waals surface area (Å²) in [5, 5.41) is 0. The van der Waals surface area contributed by atoms with Gasteiger partial charge in [0, 0.05) is 12.0 Å². The van der Waals surface area contributed by atoms with Crippen molar-refractivity contribution in [3.8, 4) is 11.3 Å². The molecule has 1 heterocycles. The van der Waals surface area contributed by atoms with Crippen LogP contribution >= 0.6 is 0 Å². The maximum Gasteiger partial charge on any atom is 0.263 e. The van der Waals surface area contributed by atoms with E-state index in [0.29, 0.717) is 17.9 Å². The quantitative estimate of drug-likeness (QED) is 0.251. The number of aliphatic imine (C=N–C) groups is 1. The summed E-state index contributed by atoms with van der Waals surface area (Å²) < 4.78 is 5.66. The van der Waals surface area contributed by atoms with Gasteiger partial charge in [-0.2, -0.15) is 0 Å². The molecule has 3 rings (SSSR count). The molecule has 2 aromatic carbocycles. The molecule has 0 aliphatic rings. The predicted molar refractivity (Wildman–Crippen MR) is 109 cm³/mol. The van der Waals surface area contributed by atoms with Crippen molar-refractivity contribution in [3.05, 3.63) is 72.2 Å². The number of carbonyl (C=O) groups excluding carboxylic acids is 1. The molecule has 4 heteroatoms. The van der Waals surface area contributed by atoms with Gasteiger partial charge in [-0.3, -0.25) is 9.79 Å². The topological polar surface area (TPSA) is 55.5 Å². The Hall–Kier alpha value is -3.01. The van der Waals surface area contributed by atoms with Gasteiger partial charge in [0.25, 0.3) is 5.89 Å². The summed E-state index contributed by atoms with van der Waals surface area (Å²) in [6.07, 6.45) is 7.30. The first-order valence-corrected chi connectivity index (χ1v) is 9.37. The average molecular weight is 360 g/mol. The first-order valence-electron chi connectivity index (χ1n) is 9.37. The lowest BCUT2D eigenvalue weighted by atomic mass is 10.0. The minimum absolute atomic E-state index is 0.0478. The number of aromatic nitrogens is 1. The molecule has 0 saturated heterocycles. The van der Waals surface area contributed by atoms with Crippen molar-refractivity contribution in [2.75, 3.05) is 0 Å². The number of hydrogen-bond donors (Lipinski definition) is 0. The summed E-state index contributed by atoms with van der Waals surface area (Å²) in [6.45, 7) is 3.56. The SMILES string of the molecule is C=Nc1ccccc1-c1cnc(C(=O)CCCCCCc2ccccc2)o1.